The fourth-order valence-electron chi connectivity index (χ4n) is 2.27. The van der Waals surface area contributed by atoms with Crippen LogP contribution in [0.3, 0.4) is 0 Å². The molecule has 1 aliphatic rings. The van der Waals surface area contributed by atoms with Gasteiger partial charge in [0.05, 0.1) is 0 Å². The van der Waals surface area contributed by atoms with Gasteiger partial charge in [0.15, 0.2) is 0 Å². The van der Waals surface area contributed by atoms with Crippen molar-refractivity contribution in [3.05, 3.63) is 18.0 Å². The summed E-state index contributed by atoms with van der Waals surface area (Å²) in [7, 11) is 2.07. The highest BCUT2D eigenvalue weighted by Gasteiger charge is 2.20. The number of nitrogens with zero attached hydrogens (tertiary/aromatic N) is 3. The second-order valence-electron chi connectivity index (χ2n) is 5.02. The van der Waals surface area contributed by atoms with Crippen molar-refractivity contribution < 1.29 is 4.74 Å². The Morgan fingerprint density at radius 2 is 2.00 bits per heavy atom. The lowest BCUT2D eigenvalue weighted by molar-refractivity contribution is 0.0852. The maximum absolute atomic E-state index is 5.38. The number of aromatic nitrogens is 2. The summed E-state index contributed by atoms with van der Waals surface area (Å²) in [5.74, 6) is 0.811. The van der Waals surface area contributed by atoms with Crippen molar-refractivity contribution in [3.8, 4) is 0 Å². The Hall–Kier alpha value is -1.20. The first-order valence-corrected chi connectivity index (χ1v) is 7.13. The average Bonchev–Trinajstić information content (AvgIpc) is 2.48. The molecular weight excluding hydrogens is 240 g/mol. The van der Waals surface area contributed by atoms with Gasteiger partial charge in [-0.3, -0.25) is 0 Å². The molecule has 0 bridgehead atoms. The lowest BCUT2D eigenvalue weighted by Crippen LogP contribution is -2.37. The van der Waals surface area contributed by atoms with Gasteiger partial charge in [-0.1, -0.05) is 6.92 Å². The van der Waals surface area contributed by atoms with E-state index >= 15 is 0 Å². The van der Waals surface area contributed by atoms with Gasteiger partial charge in [0.25, 0.3) is 0 Å². The molecule has 106 valence electrons. The second-order valence-corrected chi connectivity index (χ2v) is 5.02. The zero-order valence-corrected chi connectivity index (χ0v) is 11.9. The smallest absolute Gasteiger partial charge is 0.225 e. The van der Waals surface area contributed by atoms with E-state index < -0.39 is 0 Å². The summed E-state index contributed by atoms with van der Waals surface area (Å²) in [5.41, 5.74) is 1.14. The molecule has 2 rings (SSSR count). The minimum Gasteiger partial charge on any atom is -0.381 e. The van der Waals surface area contributed by atoms with Gasteiger partial charge in [0, 0.05) is 50.8 Å². The highest BCUT2D eigenvalue weighted by Crippen LogP contribution is 2.17. The van der Waals surface area contributed by atoms with Crippen molar-refractivity contribution in [1.29, 1.82) is 0 Å². The van der Waals surface area contributed by atoms with Crippen LogP contribution in [0.2, 0.25) is 0 Å². The Bertz CT molecular complexity index is 362. The third-order valence-corrected chi connectivity index (χ3v) is 3.50. The Morgan fingerprint density at radius 3 is 2.63 bits per heavy atom. The van der Waals surface area contributed by atoms with E-state index in [0.29, 0.717) is 6.04 Å². The van der Waals surface area contributed by atoms with Gasteiger partial charge in [-0.15, -0.1) is 0 Å². The van der Waals surface area contributed by atoms with Crippen LogP contribution in [-0.4, -0.2) is 42.8 Å². The van der Waals surface area contributed by atoms with E-state index in [2.05, 4.69) is 34.2 Å². The number of hydrogen-bond donors (Lipinski definition) is 1. The maximum atomic E-state index is 5.38. The van der Waals surface area contributed by atoms with E-state index in [-0.39, 0.29) is 0 Å². The summed E-state index contributed by atoms with van der Waals surface area (Å²) in [5, 5.41) is 3.35. The number of rotatable bonds is 6. The molecule has 5 heteroatoms. The van der Waals surface area contributed by atoms with Crippen molar-refractivity contribution in [2.24, 2.45) is 0 Å². The molecule has 2 heterocycles. The molecule has 0 aliphatic carbocycles. The topological polar surface area (TPSA) is 50.3 Å². The Labute approximate surface area is 115 Å². The van der Waals surface area contributed by atoms with E-state index in [1.165, 1.54) is 0 Å². The Kier molecular flexibility index (Phi) is 5.54. The number of ether oxygens (including phenoxy) is 1. The molecule has 5 nitrogen and oxygen atoms in total. The zero-order chi connectivity index (χ0) is 13.5. The third kappa shape index (κ3) is 4.14. The maximum Gasteiger partial charge on any atom is 0.225 e. The molecule has 1 aliphatic heterocycles. The van der Waals surface area contributed by atoms with E-state index in [1.54, 1.807) is 0 Å². The standard InChI is InChI=1S/C14H24N4O/c1-3-6-15-9-12-10-16-14(17-11-12)18(2)13-4-7-19-8-5-13/h10-11,13,15H,3-9H2,1-2H3. The molecule has 0 amide bonds. The molecule has 1 aromatic heterocycles. The molecule has 1 N–H and O–H groups in total. The predicted molar refractivity (Wildman–Crippen MR) is 76.3 cm³/mol. The van der Waals surface area contributed by atoms with Gasteiger partial charge in [-0.05, 0) is 25.8 Å². The lowest BCUT2D eigenvalue weighted by Gasteiger charge is -2.31. The summed E-state index contributed by atoms with van der Waals surface area (Å²) in [4.78, 5) is 11.1. The summed E-state index contributed by atoms with van der Waals surface area (Å²) < 4.78 is 5.38. The monoisotopic (exact) mass is 264 g/mol. The van der Waals surface area contributed by atoms with E-state index in [9.17, 15) is 0 Å². The molecule has 1 aromatic rings. The summed E-state index contributed by atoms with van der Waals surface area (Å²) in [6.07, 6.45) is 7.09. The largest absolute Gasteiger partial charge is 0.381 e. The van der Waals surface area contributed by atoms with Gasteiger partial charge >= 0.3 is 0 Å². The zero-order valence-electron chi connectivity index (χ0n) is 11.9. The number of hydrogen-bond acceptors (Lipinski definition) is 5. The average molecular weight is 264 g/mol. The highest BCUT2D eigenvalue weighted by atomic mass is 16.5. The second kappa shape index (κ2) is 7.40. The van der Waals surface area contributed by atoms with Crippen molar-refractivity contribution in [2.75, 3.05) is 31.7 Å². The summed E-state index contributed by atoms with van der Waals surface area (Å²) >= 11 is 0. The van der Waals surface area contributed by atoms with Crippen LogP contribution in [0.5, 0.6) is 0 Å². The molecule has 0 radical (unpaired) electrons. The summed E-state index contributed by atoms with van der Waals surface area (Å²) in [6.45, 7) is 5.72. The molecule has 0 aromatic carbocycles. The molecule has 19 heavy (non-hydrogen) atoms. The van der Waals surface area contributed by atoms with Crippen LogP contribution in [0.25, 0.3) is 0 Å². The van der Waals surface area contributed by atoms with Crippen molar-refractivity contribution >= 4 is 5.95 Å². The van der Waals surface area contributed by atoms with Crippen LogP contribution < -0.4 is 10.2 Å². The fourth-order valence-corrected chi connectivity index (χ4v) is 2.27. The molecule has 0 saturated carbocycles. The molecule has 0 spiro atoms. The van der Waals surface area contributed by atoms with Crippen molar-refractivity contribution in [2.45, 2.75) is 38.8 Å². The van der Waals surface area contributed by atoms with E-state index in [0.717, 1.165) is 57.1 Å². The minimum absolute atomic E-state index is 0.498. The van der Waals surface area contributed by atoms with Gasteiger partial charge in [0.2, 0.25) is 5.95 Å². The lowest BCUT2D eigenvalue weighted by atomic mass is 10.1. The van der Waals surface area contributed by atoms with Crippen molar-refractivity contribution in [3.63, 3.8) is 0 Å². The minimum atomic E-state index is 0.498. The van der Waals surface area contributed by atoms with Gasteiger partial charge < -0.3 is 15.0 Å². The normalized spacial score (nSPS) is 16.5. The van der Waals surface area contributed by atoms with Crippen LogP contribution in [0.15, 0.2) is 12.4 Å². The van der Waals surface area contributed by atoms with Crippen molar-refractivity contribution in [1.82, 2.24) is 15.3 Å². The van der Waals surface area contributed by atoms with E-state index in [1.807, 2.05) is 12.4 Å². The number of anilines is 1. The van der Waals surface area contributed by atoms with Gasteiger partial charge in [0.1, 0.15) is 0 Å². The highest BCUT2D eigenvalue weighted by molar-refractivity contribution is 5.30. The molecule has 1 saturated heterocycles. The SMILES string of the molecule is CCCNCc1cnc(N(C)C2CCOCC2)nc1. The molecule has 0 atom stereocenters. The van der Waals surface area contributed by atoms with Crippen LogP contribution >= 0.6 is 0 Å². The quantitative estimate of drug-likeness (QED) is 0.791. The van der Waals surface area contributed by atoms with E-state index in [4.69, 9.17) is 4.74 Å². The number of nitrogens with one attached hydrogen (secondary N) is 1. The van der Waals surface area contributed by atoms with Gasteiger partial charge in [-0.25, -0.2) is 9.97 Å². The Balaban J connectivity index is 1.89. The Morgan fingerprint density at radius 1 is 1.32 bits per heavy atom. The molecule has 0 unspecified atom stereocenters. The van der Waals surface area contributed by atoms with Crippen LogP contribution in [-0.2, 0) is 11.3 Å². The first-order valence-electron chi connectivity index (χ1n) is 7.13. The summed E-state index contributed by atoms with van der Waals surface area (Å²) in [6, 6.07) is 0.498. The molecular formula is C14H24N4O. The van der Waals surface area contributed by atoms with Crippen LogP contribution in [0, 0.1) is 0 Å². The predicted octanol–water partition coefficient (Wildman–Crippen LogP) is 1.59. The van der Waals surface area contributed by atoms with Gasteiger partial charge in [-0.2, -0.15) is 0 Å². The first-order chi connectivity index (χ1) is 9.31. The first kappa shape index (κ1) is 14.2. The van der Waals surface area contributed by atoms with Crippen LogP contribution in [0.4, 0.5) is 5.95 Å². The fraction of sp³-hybridized carbons (Fsp3) is 0.714. The van der Waals surface area contributed by atoms with Crippen LogP contribution in [0.1, 0.15) is 31.7 Å². The molecule has 1 fully saturated rings. The third-order valence-electron chi connectivity index (χ3n) is 3.50.